The Bertz CT molecular complexity index is 724. The van der Waals surface area contributed by atoms with Gasteiger partial charge >= 0.3 is 6.09 Å². The van der Waals surface area contributed by atoms with Gasteiger partial charge in [0.2, 0.25) is 0 Å². The number of likely N-dealkylation sites (tertiary alicyclic amines) is 1. The number of rotatable bonds is 3. The van der Waals surface area contributed by atoms with E-state index in [9.17, 15) is 4.79 Å². The number of ether oxygens (including phenoxy) is 1. The zero-order valence-electron chi connectivity index (χ0n) is 13.9. The summed E-state index contributed by atoms with van der Waals surface area (Å²) in [5.41, 5.74) is 1.76. The Kier molecular flexibility index (Phi) is 5.76. The van der Waals surface area contributed by atoms with Crippen molar-refractivity contribution < 1.29 is 9.53 Å². The maximum absolute atomic E-state index is 12.2. The second-order valence-corrected chi connectivity index (χ2v) is 6.78. The summed E-state index contributed by atoms with van der Waals surface area (Å²) in [4.78, 5) is 22.3. The normalized spacial score (nSPS) is 15.2. The summed E-state index contributed by atoms with van der Waals surface area (Å²) in [6, 6.07) is 9.64. The van der Waals surface area contributed by atoms with Crippen LogP contribution in [0.2, 0.25) is 10.3 Å². The predicted octanol–water partition coefficient (Wildman–Crippen LogP) is 4.61. The van der Waals surface area contributed by atoms with Crippen LogP contribution in [0.1, 0.15) is 35.7 Å². The van der Waals surface area contributed by atoms with E-state index in [0.29, 0.717) is 29.2 Å². The van der Waals surface area contributed by atoms with Crippen LogP contribution in [-0.4, -0.2) is 34.1 Å². The molecule has 0 atom stereocenters. The molecule has 2 heterocycles. The van der Waals surface area contributed by atoms with Gasteiger partial charge < -0.3 is 9.64 Å². The highest BCUT2D eigenvalue weighted by Gasteiger charge is 2.28. The molecular weight excluding hydrogens is 361 g/mol. The summed E-state index contributed by atoms with van der Waals surface area (Å²) in [5, 5.41) is 0.810. The smallest absolute Gasteiger partial charge is 0.410 e. The van der Waals surface area contributed by atoms with Gasteiger partial charge in [0.1, 0.15) is 22.7 Å². The van der Waals surface area contributed by atoms with Gasteiger partial charge in [0.15, 0.2) is 0 Å². The van der Waals surface area contributed by atoms with E-state index in [0.717, 1.165) is 24.0 Å². The van der Waals surface area contributed by atoms with Crippen LogP contribution in [0.3, 0.4) is 0 Å². The van der Waals surface area contributed by atoms with Gasteiger partial charge in [0, 0.05) is 18.7 Å². The molecule has 2 aromatic rings. The van der Waals surface area contributed by atoms with Crippen molar-refractivity contribution in [2.75, 3.05) is 13.1 Å². The average Bonchev–Trinajstić information content (AvgIpc) is 2.60. The van der Waals surface area contributed by atoms with Crippen LogP contribution in [0, 0.1) is 6.92 Å². The van der Waals surface area contributed by atoms with Crippen LogP contribution in [0.25, 0.3) is 0 Å². The van der Waals surface area contributed by atoms with Crippen molar-refractivity contribution in [2.45, 2.75) is 32.3 Å². The molecule has 1 saturated heterocycles. The number of aryl methyl sites for hydroxylation is 1. The average molecular weight is 380 g/mol. The first-order valence-corrected chi connectivity index (χ1v) is 8.95. The summed E-state index contributed by atoms with van der Waals surface area (Å²) in [5.74, 6) is 0.708. The Labute approximate surface area is 156 Å². The monoisotopic (exact) mass is 379 g/mol. The molecular formula is C18H19Cl2N3O2. The highest BCUT2D eigenvalue weighted by atomic mass is 35.5. The molecule has 0 bridgehead atoms. The maximum atomic E-state index is 12.2. The van der Waals surface area contributed by atoms with Crippen LogP contribution in [0.5, 0.6) is 0 Å². The minimum atomic E-state index is -0.292. The lowest BCUT2D eigenvalue weighted by atomic mass is 9.91. The molecule has 0 radical (unpaired) electrons. The molecule has 0 unspecified atom stereocenters. The van der Waals surface area contributed by atoms with Gasteiger partial charge in [-0.1, -0.05) is 53.5 Å². The molecule has 0 aliphatic carbocycles. The van der Waals surface area contributed by atoms with Gasteiger partial charge in [-0.25, -0.2) is 14.8 Å². The molecule has 3 rings (SSSR count). The Morgan fingerprint density at radius 1 is 1.16 bits per heavy atom. The molecule has 1 aliphatic rings. The topological polar surface area (TPSA) is 55.3 Å². The number of carbonyl (C=O) groups excluding carboxylic acids is 1. The molecule has 0 saturated carbocycles. The molecule has 1 amide bonds. The number of nitrogens with zero attached hydrogens (tertiary/aromatic N) is 3. The first-order chi connectivity index (χ1) is 12.0. The van der Waals surface area contributed by atoms with Crippen LogP contribution in [0.4, 0.5) is 4.79 Å². The number of amides is 1. The van der Waals surface area contributed by atoms with Crippen molar-refractivity contribution in [3.63, 3.8) is 0 Å². The highest BCUT2D eigenvalue weighted by Crippen LogP contribution is 2.36. The number of carbonyl (C=O) groups is 1. The minimum Gasteiger partial charge on any atom is -0.445 e. The fourth-order valence-corrected chi connectivity index (χ4v) is 3.79. The first-order valence-electron chi connectivity index (χ1n) is 8.19. The molecule has 5 nitrogen and oxygen atoms in total. The zero-order valence-corrected chi connectivity index (χ0v) is 15.4. The molecule has 0 N–H and O–H groups in total. The maximum Gasteiger partial charge on any atom is 0.410 e. The van der Waals surface area contributed by atoms with Crippen molar-refractivity contribution in [2.24, 2.45) is 0 Å². The fourth-order valence-electron chi connectivity index (χ4n) is 3.01. The van der Waals surface area contributed by atoms with Gasteiger partial charge in [-0.05, 0) is 31.2 Å². The van der Waals surface area contributed by atoms with Gasteiger partial charge in [-0.2, -0.15) is 0 Å². The third kappa shape index (κ3) is 4.41. The molecule has 7 heteroatoms. The number of hydrogen-bond acceptors (Lipinski definition) is 4. The molecule has 1 fully saturated rings. The van der Waals surface area contributed by atoms with Crippen molar-refractivity contribution in [3.05, 3.63) is 57.6 Å². The third-order valence-electron chi connectivity index (χ3n) is 4.33. The van der Waals surface area contributed by atoms with E-state index in [2.05, 4.69) is 9.97 Å². The quantitative estimate of drug-likeness (QED) is 0.730. The summed E-state index contributed by atoms with van der Waals surface area (Å²) in [6.07, 6.45) is 1.22. The predicted molar refractivity (Wildman–Crippen MR) is 97.0 cm³/mol. The van der Waals surface area contributed by atoms with Gasteiger partial charge in [0.25, 0.3) is 0 Å². The van der Waals surface area contributed by atoms with Crippen molar-refractivity contribution in [1.29, 1.82) is 0 Å². The van der Waals surface area contributed by atoms with Crippen molar-refractivity contribution in [1.82, 2.24) is 14.9 Å². The van der Waals surface area contributed by atoms with E-state index in [4.69, 9.17) is 27.9 Å². The second kappa shape index (κ2) is 8.02. The molecule has 1 aliphatic heterocycles. The van der Waals surface area contributed by atoms with Crippen LogP contribution < -0.4 is 0 Å². The lowest BCUT2D eigenvalue weighted by Gasteiger charge is -2.31. The summed E-state index contributed by atoms with van der Waals surface area (Å²) in [6.45, 7) is 3.23. The Balaban J connectivity index is 1.56. The molecule has 1 aromatic carbocycles. The van der Waals surface area contributed by atoms with Crippen LogP contribution in [-0.2, 0) is 11.3 Å². The molecule has 25 heavy (non-hydrogen) atoms. The number of aromatic nitrogens is 2. The number of benzene rings is 1. The van der Waals surface area contributed by atoms with Crippen LogP contribution >= 0.6 is 23.2 Å². The second-order valence-electron chi connectivity index (χ2n) is 6.07. The minimum absolute atomic E-state index is 0.152. The molecule has 132 valence electrons. The Hall–Kier alpha value is -1.85. The van der Waals surface area contributed by atoms with E-state index in [1.807, 2.05) is 30.3 Å². The Morgan fingerprint density at radius 3 is 2.36 bits per heavy atom. The van der Waals surface area contributed by atoms with Crippen molar-refractivity contribution in [3.8, 4) is 0 Å². The van der Waals surface area contributed by atoms with E-state index in [1.165, 1.54) is 0 Å². The number of hydrogen-bond donors (Lipinski definition) is 0. The number of piperidine rings is 1. The van der Waals surface area contributed by atoms with Crippen molar-refractivity contribution >= 4 is 29.3 Å². The van der Waals surface area contributed by atoms with E-state index < -0.39 is 0 Å². The molecule has 0 spiro atoms. The van der Waals surface area contributed by atoms with Gasteiger partial charge in [0.05, 0.1) is 0 Å². The SMILES string of the molecule is Cc1nc(Cl)c(C2CCN(C(=O)OCc3ccccc3)CC2)c(Cl)n1. The largest absolute Gasteiger partial charge is 0.445 e. The fraction of sp³-hybridized carbons (Fsp3) is 0.389. The lowest BCUT2D eigenvalue weighted by Crippen LogP contribution is -2.38. The molecule has 1 aromatic heterocycles. The standard InChI is InChI=1S/C18H19Cl2N3O2/c1-12-21-16(19)15(17(20)22-12)14-7-9-23(10-8-14)18(24)25-11-13-5-3-2-4-6-13/h2-6,14H,7-11H2,1H3. The highest BCUT2D eigenvalue weighted by molar-refractivity contribution is 6.34. The lowest BCUT2D eigenvalue weighted by molar-refractivity contribution is 0.0870. The van der Waals surface area contributed by atoms with E-state index in [1.54, 1.807) is 11.8 Å². The number of halogens is 2. The summed E-state index contributed by atoms with van der Waals surface area (Å²) >= 11 is 12.5. The Morgan fingerprint density at radius 2 is 1.76 bits per heavy atom. The van der Waals surface area contributed by atoms with Crippen LogP contribution in [0.15, 0.2) is 30.3 Å². The zero-order chi connectivity index (χ0) is 17.8. The van der Waals surface area contributed by atoms with E-state index >= 15 is 0 Å². The summed E-state index contributed by atoms with van der Waals surface area (Å²) in [7, 11) is 0. The van der Waals surface area contributed by atoms with E-state index in [-0.39, 0.29) is 18.6 Å². The first kappa shape index (κ1) is 18.0. The van der Waals surface area contributed by atoms with Gasteiger partial charge in [-0.3, -0.25) is 0 Å². The summed E-state index contributed by atoms with van der Waals surface area (Å²) < 4.78 is 5.38. The third-order valence-corrected chi connectivity index (χ3v) is 4.91. The van der Waals surface area contributed by atoms with Gasteiger partial charge in [-0.15, -0.1) is 0 Å².